The van der Waals surface area contributed by atoms with Crippen molar-refractivity contribution in [2.24, 2.45) is 0 Å². The fourth-order valence-electron chi connectivity index (χ4n) is 0.628. The third-order valence-electron chi connectivity index (χ3n) is 1.13. The Balaban J connectivity index is 2.83. The SMILES string of the molecule is C#C/C(C)=C/c1ccco1. The van der Waals surface area contributed by atoms with Gasteiger partial charge in [0.05, 0.1) is 6.26 Å². The Morgan fingerprint density at radius 1 is 1.80 bits per heavy atom. The lowest BCUT2D eigenvalue weighted by atomic mass is 10.3. The molecule has 0 radical (unpaired) electrons. The van der Waals surface area contributed by atoms with Gasteiger partial charge in [-0.1, -0.05) is 5.92 Å². The molecule has 0 spiro atoms. The van der Waals surface area contributed by atoms with Crippen LogP contribution in [0.25, 0.3) is 6.08 Å². The Morgan fingerprint density at radius 2 is 2.60 bits per heavy atom. The summed E-state index contributed by atoms with van der Waals surface area (Å²) in [5.41, 5.74) is 0.870. The summed E-state index contributed by atoms with van der Waals surface area (Å²) in [5.74, 6) is 3.31. The van der Waals surface area contributed by atoms with E-state index in [1.807, 2.05) is 25.1 Å². The number of allylic oxidation sites excluding steroid dienone is 1. The van der Waals surface area contributed by atoms with Gasteiger partial charge in [0.1, 0.15) is 5.76 Å². The Hall–Kier alpha value is -1.42. The minimum Gasteiger partial charge on any atom is -0.465 e. The topological polar surface area (TPSA) is 13.1 Å². The minimum absolute atomic E-state index is 0.801. The molecule has 1 nitrogen and oxygen atoms in total. The fraction of sp³-hybridized carbons (Fsp3) is 0.111. The lowest BCUT2D eigenvalue weighted by molar-refractivity contribution is 0.557. The van der Waals surface area contributed by atoms with Crippen molar-refractivity contribution in [3.05, 3.63) is 29.7 Å². The fourth-order valence-corrected chi connectivity index (χ4v) is 0.628. The molecule has 1 heterocycles. The van der Waals surface area contributed by atoms with Gasteiger partial charge < -0.3 is 4.42 Å². The van der Waals surface area contributed by atoms with Gasteiger partial charge in [-0.05, 0) is 25.1 Å². The number of rotatable bonds is 1. The molecule has 0 aliphatic rings. The number of hydrogen-bond donors (Lipinski definition) is 0. The summed E-state index contributed by atoms with van der Waals surface area (Å²) >= 11 is 0. The number of furan rings is 1. The summed E-state index contributed by atoms with van der Waals surface area (Å²) in [6.07, 6.45) is 8.57. The zero-order chi connectivity index (χ0) is 7.40. The zero-order valence-corrected chi connectivity index (χ0v) is 5.79. The lowest BCUT2D eigenvalue weighted by Gasteiger charge is -1.84. The van der Waals surface area contributed by atoms with Crippen molar-refractivity contribution in [1.82, 2.24) is 0 Å². The molecule has 0 unspecified atom stereocenters. The summed E-state index contributed by atoms with van der Waals surface area (Å²) < 4.78 is 5.03. The second-order valence-electron chi connectivity index (χ2n) is 1.99. The predicted molar refractivity (Wildman–Crippen MR) is 41.2 cm³/mol. The van der Waals surface area contributed by atoms with Gasteiger partial charge in [-0.2, -0.15) is 0 Å². The molecule has 1 rings (SSSR count). The van der Waals surface area contributed by atoms with E-state index >= 15 is 0 Å². The van der Waals surface area contributed by atoms with Crippen LogP contribution in [0.4, 0.5) is 0 Å². The summed E-state index contributed by atoms with van der Waals surface area (Å²) in [7, 11) is 0. The van der Waals surface area contributed by atoms with Crippen molar-refractivity contribution in [2.75, 3.05) is 0 Å². The van der Waals surface area contributed by atoms with Gasteiger partial charge in [0, 0.05) is 5.57 Å². The molecule has 50 valence electrons. The lowest BCUT2D eigenvalue weighted by Crippen LogP contribution is -1.66. The normalized spacial score (nSPS) is 11.0. The van der Waals surface area contributed by atoms with Gasteiger partial charge in [-0.25, -0.2) is 0 Å². The van der Waals surface area contributed by atoms with E-state index in [9.17, 15) is 0 Å². The van der Waals surface area contributed by atoms with E-state index in [0.29, 0.717) is 0 Å². The highest BCUT2D eigenvalue weighted by Gasteiger charge is 1.87. The van der Waals surface area contributed by atoms with Gasteiger partial charge in [-0.15, -0.1) is 6.42 Å². The second kappa shape index (κ2) is 2.93. The van der Waals surface area contributed by atoms with E-state index < -0.39 is 0 Å². The molecular formula is C9H8O. The first kappa shape index (κ1) is 6.70. The van der Waals surface area contributed by atoms with E-state index in [-0.39, 0.29) is 0 Å². The molecule has 0 amide bonds. The van der Waals surface area contributed by atoms with Gasteiger partial charge in [-0.3, -0.25) is 0 Å². The maximum absolute atomic E-state index is 5.13. The molecule has 10 heavy (non-hydrogen) atoms. The molecule has 1 aromatic heterocycles. The largest absolute Gasteiger partial charge is 0.465 e. The standard InChI is InChI=1S/C9H8O/c1-3-8(2)7-9-5-4-6-10-9/h1,4-7H,2H3/b8-7+. The third-order valence-corrected chi connectivity index (χ3v) is 1.13. The second-order valence-corrected chi connectivity index (χ2v) is 1.99. The van der Waals surface area contributed by atoms with Crippen LogP contribution in [-0.2, 0) is 0 Å². The summed E-state index contributed by atoms with van der Waals surface area (Å²) in [6, 6.07) is 3.69. The molecule has 0 saturated heterocycles. The van der Waals surface area contributed by atoms with Crippen molar-refractivity contribution in [1.29, 1.82) is 0 Å². The Kier molecular flexibility index (Phi) is 1.96. The quantitative estimate of drug-likeness (QED) is 0.534. The Morgan fingerprint density at radius 3 is 3.10 bits per heavy atom. The van der Waals surface area contributed by atoms with Gasteiger partial charge >= 0.3 is 0 Å². The summed E-state index contributed by atoms with van der Waals surface area (Å²) in [6.45, 7) is 1.86. The highest BCUT2D eigenvalue weighted by Crippen LogP contribution is 2.05. The van der Waals surface area contributed by atoms with E-state index in [1.165, 1.54) is 0 Å². The highest BCUT2D eigenvalue weighted by molar-refractivity contribution is 5.52. The van der Waals surface area contributed by atoms with Crippen LogP contribution in [0.3, 0.4) is 0 Å². The maximum atomic E-state index is 5.13. The third kappa shape index (κ3) is 1.53. The van der Waals surface area contributed by atoms with Gasteiger partial charge in [0.25, 0.3) is 0 Å². The molecule has 0 aromatic carbocycles. The minimum atomic E-state index is 0.801. The molecule has 0 aliphatic carbocycles. The van der Waals surface area contributed by atoms with E-state index in [2.05, 4.69) is 5.92 Å². The van der Waals surface area contributed by atoms with Gasteiger partial charge in [0.15, 0.2) is 0 Å². The Labute approximate surface area is 60.4 Å². The number of hydrogen-bond acceptors (Lipinski definition) is 1. The van der Waals surface area contributed by atoms with Crippen LogP contribution in [0.2, 0.25) is 0 Å². The van der Waals surface area contributed by atoms with Gasteiger partial charge in [0.2, 0.25) is 0 Å². The predicted octanol–water partition coefficient (Wildman–Crippen LogP) is 2.32. The summed E-state index contributed by atoms with van der Waals surface area (Å²) in [5, 5.41) is 0. The number of terminal acetylenes is 1. The van der Waals surface area contributed by atoms with Crippen LogP contribution < -0.4 is 0 Å². The monoisotopic (exact) mass is 132 g/mol. The average Bonchev–Trinajstić information content (AvgIpc) is 2.40. The molecule has 0 atom stereocenters. The van der Waals surface area contributed by atoms with Crippen molar-refractivity contribution in [3.63, 3.8) is 0 Å². The molecule has 0 fully saturated rings. The van der Waals surface area contributed by atoms with Crippen LogP contribution >= 0.6 is 0 Å². The van der Waals surface area contributed by atoms with Crippen LogP contribution in [0.15, 0.2) is 28.4 Å². The van der Waals surface area contributed by atoms with Crippen molar-refractivity contribution in [3.8, 4) is 12.3 Å². The smallest absolute Gasteiger partial charge is 0.127 e. The van der Waals surface area contributed by atoms with Crippen LogP contribution in [0, 0.1) is 12.3 Å². The molecule has 1 aromatic rings. The van der Waals surface area contributed by atoms with Crippen molar-refractivity contribution < 1.29 is 4.42 Å². The molecule has 0 aliphatic heterocycles. The van der Waals surface area contributed by atoms with Crippen molar-refractivity contribution in [2.45, 2.75) is 6.92 Å². The van der Waals surface area contributed by atoms with E-state index in [1.54, 1.807) is 6.26 Å². The molecule has 0 bridgehead atoms. The first-order chi connectivity index (χ1) is 4.83. The molecule has 0 saturated carbocycles. The molecule has 1 heteroatoms. The van der Waals surface area contributed by atoms with E-state index in [4.69, 9.17) is 10.8 Å². The Bertz CT molecular complexity index is 259. The van der Waals surface area contributed by atoms with E-state index in [0.717, 1.165) is 11.3 Å². The zero-order valence-electron chi connectivity index (χ0n) is 5.79. The first-order valence-electron chi connectivity index (χ1n) is 3.01. The van der Waals surface area contributed by atoms with Crippen LogP contribution in [0.1, 0.15) is 12.7 Å². The van der Waals surface area contributed by atoms with Crippen molar-refractivity contribution >= 4 is 6.08 Å². The molecular weight excluding hydrogens is 124 g/mol. The van der Waals surface area contributed by atoms with Crippen LogP contribution in [0.5, 0.6) is 0 Å². The average molecular weight is 132 g/mol. The van der Waals surface area contributed by atoms with Crippen LogP contribution in [-0.4, -0.2) is 0 Å². The first-order valence-corrected chi connectivity index (χ1v) is 3.01. The molecule has 0 N–H and O–H groups in total. The highest BCUT2D eigenvalue weighted by atomic mass is 16.3. The maximum Gasteiger partial charge on any atom is 0.127 e. The summed E-state index contributed by atoms with van der Waals surface area (Å²) in [4.78, 5) is 0.